The Labute approximate surface area is 105 Å². The highest BCUT2D eigenvalue weighted by atomic mass is 32.1. The Bertz CT molecular complexity index is 520. The quantitative estimate of drug-likeness (QED) is 0.888. The lowest BCUT2D eigenvalue weighted by molar-refractivity contribution is 0.631. The van der Waals surface area contributed by atoms with E-state index in [1.165, 1.54) is 17.4 Å². The highest BCUT2D eigenvalue weighted by molar-refractivity contribution is 7.19. The first-order chi connectivity index (χ1) is 8.08. The Morgan fingerprint density at radius 2 is 2.00 bits per heavy atom. The molecule has 2 rings (SSSR count). The third-order valence-corrected chi connectivity index (χ3v) is 3.45. The van der Waals surface area contributed by atoms with Gasteiger partial charge in [0.05, 0.1) is 10.6 Å². The van der Waals surface area contributed by atoms with Crippen molar-refractivity contribution in [3.05, 3.63) is 35.8 Å². The number of benzene rings is 1. The average molecular weight is 250 g/mol. The molecule has 1 aromatic carbocycles. The second-order valence-electron chi connectivity index (χ2n) is 4.21. The van der Waals surface area contributed by atoms with Gasteiger partial charge in [-0.25, -0.2) is 9.37 Å². The molecule has 0 aliphatic rings. The number of nitrogens with one attached hydrogen (secondary N) is 1. The summed E-state index contributed by atoms with van der Waals surface area (Å²) in [5.74, 6) is -0.199. The maximum absolute atomic E-state index is 13.7. The fourth-order valence-corrected chi connectivity index (χ4v) is 2.74. The number of aryl methyl sites for hydroxylation is 1. The molecule has 0 spiro atoms. The van der Waals surface area contributed by atoms with Gasteiger partial charge in [-0.1, -0.05) is 29.5 Å². The molecular weight excluding hydrogens is 235 g/mol. The number of aromatic nitrogens is 1. The van der Waals surface area contributed by atoms with Crippen molar-refractivity contribution < 1.29 is 4.39 Å². The molecule has 0 saturated carbocycles. The molecule has 1 heterocycles. The molecule has 17 heavy (non-hydrogen) atoms. The van der Waals surface area contributed by atoms with Crippen molar-refractivity contribution in [2.24, 2.45) is 0 Å². The van der Waals surface area contributed by atoms with E-state index in [9.17, 15) is 4.39 Å². The summed E-state index contributed by atoms with van der Waals surface area (Å²) in [5, 5.41) is 4.08. The second-order valence-corrected chi connectivity index (χ2v) is 5.21. The Morgan fingerprint density at radius 1 is 1.29 bits per heavy atom. The molecule has 0 atom stereocenters. The Balaban J connectivity index is 2.40. The third-order valence-electron chi connectivity index (χ3n) is 2.33. The van der Waals surface area contributed by atoms with E-state index in [1.807, 2.05) is 13.0 Å². The Morgan fingerprint density at radius 3 is 2.65 bits per heavy atom. The lowest BCUT2D eigenvalue weighted by atomic mass is 10.1. The SMILES string of the molecule is Cc1nc(NC(C)C)sc1-c1ccccc1F. The van der Waals surface area contributed by atoms with Crippen LogP contribution in [0.25, 0.3) is 10.4 Å². The van der Waals surface area contributed by atoms with Crippen molar-refractivity contribution in [2.75, 3.05) is 5.32 Å². The molecule has 2 nitrogen and oxygen atoms in total. The summed E-state index contributed by atoms with van der Waals surface area (Å²) in [4.78, 5) is 5.30. The van der Waals surface area contributed by atoms with Gasteiger partial charge in [-0.05, 0) is 26.8 Å². The summed E-state index contributed by atoms with van der Waals surface area (Å²) in [5.41, 5.74) is 1.49. The van der Waals surface area contributed by atoms with E-state index in [-0.39, 0.29) is 5.82 Å². The number of rotatable bonds is 3. The van der Waals surface area contributed by atoms with Crippen molar-refractivity contribution in [2.45, 2.75) is 26.8 Å². The zero-order valence-corrected chi connectivity index (χ0v) is 10.9. The van der Waals surface area contributed by atoms with Gasteiger partial charge in [-0.2, -0.15) is 0 Å². The van der Waals surface area contributed by atoms with Crippen molar-refractivity contribution in [1.82, 2.24) is 4.98 Å². The molecule has 0 radical (unpaired) electrons. The van der Waals surface area contributed by atoms with E-state index >= 15 is 0 Å². The number of anilines is 1. The predicted molar refractivity (Wildman–Crippen MR) is 71.0 cm³/mol. The molecule has 0 bridgehead atoms. The van der Waals surface area contributed by atoms with Gasteiger partial charge in [-0.3, -0.25) is 0 Å². The van der Waals surface area contributed by atoms with E-state index in [4.69, 9.17) is 0 Å². The van der Waals surface area contributed by atoms with Crippen molar-refractivity contribution in [3.8, 4) is 10.4 Å². The molecule has 0 amide bonds. The molecule has 1 aromatic heterocycles. The monoisotopic (exact) mass is 250 g/mol. The summed E-state index contributed by atoms with van der Waals surface area (Å²) in [7, 11) is 0. The number of hydrogen-bond donors (Lipinski definition) is 1. The van der Waals surface area contributed by atoms with Crippen LogP contribution in [0.5, 0.6) is 0 Å². The topological polar surface area (TPSA) is 24.9 Å². The van der Waals surface area contributed by atoms with Crippen LogP contribution in [0.15, 0.2) is 24.3 Å². The fourth-order valence-electron chi connectivity index (χ4n) is 1.60. The van der Waals surface area contributed by atoms with Crippen LogP contribution in [0.4, 0.5) is 9.52 Å². The molecular formula is C13H15FN2S. The first-order valence-corrected chi connectivity index (χ1v) is 6.38. The van der Waals surface area contributed by atoms with Gasteiger partial charge in [0.2, 0.25) is 0 Å². The maximum Gasteiger partial charge on any atom is 0.183 e. The van der Waals surface area contributed by atoms with Crippen LogP contribution in [0.1, 0.15) is 19.5 Å². The van der Waals surface area contributed by atoms with Gasteiger partial charge in [0.1, 0.15) is 5.82 Å². The third kappa shape index (κ3) is 2.64. The smallest absolute Gasteiger partial charge is 0.183 e. The van der Waals surface area contributed by atoms with Crippen molar-refractivity contribution in [1.29, 1.82) is 0 Å². The fraction of sp³-hybridized carbons (Fsp3) is 0.308. The molecule has 0 aliphatic heterocycles. The Hall–Kier alpha value is -1.42. The van der Waals surface area contributed by atoms with E-state index in [0.717, 1.165) is 15.7 Å². The minimum absolute atomic E-state index is 0.199. The van der Waals surface area contributed by atoms with Crippen LogP contribution in [-0.4, -0.2) is 11.0 Å². The lowest BCUT2D eigenvalue weighted by Gasteiger charge is -2.04. The van der Waals surface area contributed by atoms with Crippen LogP contribution in [-0.2, 0) is 0 Å². The number of thiazole rings is 1. The molecule has 90 valence electrons. The van der Waals surface area contributed by atoms with Crippen LogP contribution >= 0.6 is 11.3 Å². The predicted octanol–water partition coefficient (Wildman–Crippen LogP) is 4.08. The zero-order chi connectivity index (χ0) is 12.4. The molecule has 4 heteroatoms. The standard InChI is InChI=1S/C13H15FN2S/c1-8(2)15-13-16-9(3)12(17-13)10-6-4-5-7-11(10)14/h4-8H,1-3H3,(H,15,16). The van der Waals surface area contributed by atoms with Crippen LogP contribution in [0.3, 0.4) is 0 Å². The zero-order valence-electron chi connectivity index (χ0n) is 10.1. The molecule has 0 fully saturated rings. The van der Waals surface area contributed by atoms with Gasteiger partial charge in [-0.15, -0.1) is 0 Å². The number of hydrogen-bond acceptors (Lipinski definition) is 3. The summed E-state index contributed by atoms with van der Waals surface area (Å²) in [6, 6.07) is 7.13. The van der Waals surface area contributed by atoms with E-state index in [1.54, 1.807) is 12.1 Å². The highest BCUT2D eigenvalue weighted by Crippen LogP contribution is 2.34. The second kappa shape index (κ2) is 4.84. The minimum atomic E-state index is -0.199. The Kier molecular flexibility index (Phi) is 3.43. The molecule has 1 N–H and O–H groups in total. The van der Waals surface area contributed by atoms with Crippen molar-refractivity contribution >= 4 is 16.5 Å². The molecule has 2 aromatic rings. The van der Waals surface area contributed by atoms with Gasteiger partial charge in [0.15, 0.2) is 5.13 Å². The largest absolute Gasteiger partial charge is 0.359 e. The van der Waals surface area contributed by atoms with E-state index < -0.39 is 0 Å². The lowest BCUT2D eigenvalue weighted by Crippen LogP contribution is -2.08. The summed E-state index contributed by atoms with van der Waals surface area (Å²) in [6.07, 6.45) is 0. The first kappa shape index (κ1) is 12.0. The van der Waals surface area contributed by atoms with E-state index in [0.29, 0.717) is 11.6 Å². The van der Waals surface area contributed by atoms with Gasteiger partial charge in [0.25, 0.3) is 0 Å². The molecule has 0 unspecified atom stereocenters. The van der Waals surface area contributed by atoms with Crippen LogP contribution in [0.2, 0.25) is 0 Å². The van der Waals surface area contributed by atoms with Crippen LogP contribution < -0.4 is 5.32 Å². The van der Waals surface area contributed by atoms with Gasteiger partial charge >= 0.3 is 0 Å². The first-order valence-electron chi connectivity index (χ1n) is 5.57. The summed E-state index contributed by atoms with van der Waals surface area (Å²) < 4.78 is 13.7. The van der Waals surface area contributed by atoms with Gasteiger partial charge < -0.3 is 5.32 Å². The maximum atomic E-state index is 13.7. The summed E-state index contributed by atoms with van der Waals surface area (Å²) in [6.45, 7) is 6.02. The average Bonchev–Trinajstić information content (AvgIpc) is 2.59. The van der Waals surface area contributed by atoms with E-state index in [2.05, 4.69) is 24.1 Å². The van der Waals surface area contributed by atoms with Crippen LogP contribution in [0, 0.1) is 12.7 Å². The number of nitrogens with zero attached hydrogens (tertiary/aromatic N) is 1. The molecule has 0 saturated heterocycles. The number of halogens is 1. The minimum Gasteiger partial charge on any atom is -0.359 e. The molecule has 0 aliphatic carbocycles. The van der Waals surface area contributed by atoms with Crippen molar-refractivity contribution in [3.63, 3.8) is 0 Å². The highest BCUT2D eigenvalue weighted by Gasteiger charge is 2.13. The van der Waals surface area contributed by atoms with Gasteiger partial charge in [0, 0.05) is 11.6 Å². The summed E-state index contributed by atoms with van der Waals surface area (Å²) >= 11 is 1.49. The normalized spacial score (nSPS) is 10.9.